The van der Waals surface area contributed by atoms with Gasteiger partial charge in [0.25, 0.3) is 0 Å². The fourth-order valence-electron chi connectivity index (χ4n) is 1.36. The van der Waals surface area contributed by atoms with Crippen molar-refractivity contribution in [2.24, 2.45) is 0 Å². The molecule has 0 spiro atoms. The summed E-state index contributed by atoms with van der Waals surface area (Å²) < 4.78 is 26.5. The zero-order chi connectivity index (χ0) is 10.2. The molecule has 0 saturated heterocycles. The van der Waals surface area contributed by atoms with Crippen LogP contribution in [0.25, 0.3) is 10.9 Å². The molecule has 0 fully saturated rings. The number of nitrogens with zero attached hydrogens (tertiary/aromatic N) is 1. The van der Waals surface area contributed by atoms with Crippen molar-refractivity contribution >= 4 is 32.3 Å². The molecule has 5 heteroatoms. The zero-order valence-corrected chi connectivity index (χ0v) is 9.23. The lowest BCUT2D eigenvalue weighted by Gasteiger charge is -1.99. The molecular weight excluding hydrogens is 218 g/mol. The Morgan fingerprint density at radius 3 is 2.93 bits per heavy atom. The van der Waals surface area contributed by atoms with E-state index >= 15 is 0 Å². The Morgan fingerprint density at radius 2 is 2.21 bits per heavy atom. The molecule has 0 aliphatic carbocycles. The molecule has 2 rings (SSSR count). The molecule has 1 aromatic heterocycles. The molecule has 0 unspecified atom stereocenters. The Morgan fingerprint density at radius 1 is 1.43 bits per heavy atom. The highest BCUT2D eigenvalue weighted by molar-refractivity contribution is 7.89. The molecule has 0 radical (unpaired) electrons. The molecule has 0 saturated carbocycles. The second-order valence-corrected chi connectivity index (χ2v) is 6.00. The first kappa shape index (κ1) is 9.61. The summed E-state index contributed by atoms with van der Waals surface area (Å²) >= 11 is 1.35. The summed E-state index contributed by atoms with van der Waals surface area (Å²) in [5.41, 5.74) is 1.70. The average molecular weight is 227 g/mol. The molecule has 0 aliphatic rings. The minimum atomic E-state index is -2.97. The first-order chi connectivity index (χ1) is 6.56. The van der Waals surface area contributed by atoms with Gasteiger partial charge in [-0.2, -0.15) is 4.37 Å². The lowest BCUT2D eigenvalue weighted by Crippen LogP contribution is -2.00. The summed E-state index contributed by atoms with van der Waals surface area (Å²) in [5.74, 6) is 0.0861. The molecule has 0 amide bonds. The van der Waals surface area contributed by atoms with Gasteiger partial charge in [0, 0.05) is 17.0 Å². The van der Waals surface area contributed by atoms with Crippen molar-refractivity contribution in [2.75, 3.05) is 6.26 Å². The quantitative estimate of drug-likeness (QED) is 0.786. The zero-order valence-electron chi connectivity index (χ0n) is 7.60. The van der Waals surface area contributed by atoms with Gasteiger partial charge in [0.1, 0.15) is 0 Å². The summed E-state index contributed by atoms with van der Waals surface area (Å²) in [6, 6.07) is 5.55. The largest absolute Gasteiger partial charge is 0.229 e. The maximum Gasteiger partial charge on any atom is 0.151 e. The third-order valence-corrected chi connectivity index (χ3v) is 3.39. The average Bonchev–Trinajstić information content (AvgIpc) is 2.49. The molecule has 1 aromatic carbocycles. The smallest absolute Gasteiger partial charge is 0.151 e. The van der Waals surface area contributed by atoms with Crippen LogP contribution < -0.4 is 0 Å². The first-order valence-electron chi connectivity index (χ1n) is 4.06. The van der Waals surface area contributed by atoms with Gasteiger partial charge in [-0.05, 0) is 23.2 Å². The third-order valence-electron chi connectivity index (χ3n) is 1.91. The van der Waals surface area contributed by atoms with Crippen molar-refractivity contribution in [1.29, 1.82) is 0 Å². The molecule has 3 nitrogen and oxygen atoms in total. The first-order valence-corrected chi connectivity index (χ1v) is 6.96. The van der Waals surface area contributed by atoms with Crippen LogP contribution in [0.3, 0.4) is 0 Å². The molecule has 0 aliphatic heterocycles. The van der Waals surface area contributed by atoms with E-state index < -0.39 is 9.84 Å². The second kappa shape index (κ2) is 3.33. The number of benzene rings is 1. The Bertz CT molecular complexity index is 557. The number of hydrogen-bond donors (Lipinski definition) is 0. The molecule has 1 heterocycles. The number of sulfone groups is 1. The highest BCUT2D eigenvalue weighted by Crippen LogP contribution is 2.21. The van der Waals surface area contributed by atoms with Gasteiger partial charge in [0.15, 0.2) is 9.84 Å². The van der Waals surface area contributed by atoms with E-state index in [1.807, 2.05) is 23.6 Å². The Labute approximate surface area is 86.5 Å². The molecule has 14 heavy (non-hydrogen) atoms. The highest BCUT2D eigenvalue weighted by atomic mass is 32.2. The van der Waals surface area contributed by atoms with Crippen LogP contribution in [0.5, 0.6) is 0 Å². The SMILES string of the molecule is CS(=O)(=O)Cc1cccc2nscc12. The van der Waals surface area contributed by atoms with Gasteiger partial charge in [0.05, 0.1) is 11.3 Å². The predicted molar refractivity (Wildman–Crippen MR) is 58.2 cm³/mol. The van der Waals surface area contributed by atoms with Gasteiger partial charge >= 0.3 is 0 Å². The lowest BCUT2D eigenvalue weighted by molar-refractivity contribution is 0.601. The minimum Gasteiger partial charge on any atom is -0.229 e. The molecular formula is C9H9NO2S2. The number of hydrogen-bond acceptors (Lipinski definition) is 4. The summed E-state index contributed by atoms with van der Waals surface area (Å²) in [5, 5.41) is 2.83. The number of fused-ring (bicyclic) bond motifs is 1. The minimum absolute atomic E-state index is 0.0861. The van der Waals surface area contributed by atoms with Crippen LogP contribution in [-0.4, -0.2) is 19.0 Å². The van der Waals surface area contributed by atoms with E-state index in [0.717, 1.165) is 16.5 Å². The molecule has 0 N–H and O–H groups in total. The van der Waals surface area contributed by atoms with Crippen LogP contribution in [-0.2, 0) is 15.6 Å². The Kier molecular flexibility index (Phi) is 2.28. The Balaban J connectivity index is 2.57. The van der Waals surface area contributed by atoms with Gasteiger partial charge in [-0.15, -0.1) is 0 Å². The van der Waals surface area contributed by atoms with E-state index in [0.29, 0.717) is 0 Å². The van der Waals surface area contributed by atoms with Gasteiger partial charge < -0.3 is 0 Å². The topological polar surface area (TPSA) is 47.0 Å². The van der Waals surface area contributed by atoms with E-state index in [2.05, 4.69) is 4.37 Å². The van der Waals surface area contributed by atoms with Crippen LogP contribution in [0.15, 0.2) is 23.6 Å². The van der Waals surface area contributed by atoms with Crippen LogP contribution >= 0.6 is 11.5 Å². The summed E-state index contributed by atoms with van der Waals surface area (Å²) in [6.07, 6.45) is 1.24. The Hall–Kier alpha value is -0.940. The predicted octanol–water partition coefficient (Wildman–Crippen LogP) is 1.84. The summed E-state index contributed by atoms with van der Waals surface area (Å²) in [4.78, 5) is 0. The van der Waals surface area contributed by atoms with Crippen LogP contribution in [0.4, 0.5) is 0 Å². The van der Waals surface area contributed by atoms with E-state index in [4.69, 9.17) is 0 Å². The van der Waals surface area contributed by atoms with Crippen molar-refractivity contribution in [3.8, 4) is 0 Å². The fraction of sp³-hybridized carbons (Fsp3) is 0.222. The monoisotopic (exact) mass is 227 g/mol. The van der Waals surface area contributed by atoms with Gasteiger partial charge in [-0.1, -0.05) is 12.1 Å². The normalized spacial score (nSPS) is 12.1. The van der Waals surface area contributed by atoms with Crippen LogP contribution in [0, 0.1) is 0 Å². The van der Waals surface area contributed by atoms with Crippen molar-refractivity contribution in [1.82, 2.24) is 4.37 Å². The maximum absolute atomic E-state index is 11.1. The maximum atomic E-state index is 11.1. The second-order valence-electron chi connectivity index (χ2n) is 3.23. The fourth-order valence-corrected chi connectivity index (χ4v) is 2.88. The number of aromatic nitrogens is 1. The summed E-state index contributed by atoms with van der Waals surface area (Å²) in [7, 11) is -2.97. The lowest BCUT2D eigenvalue weighted by atomic mass is 10.1. The van der Waals surface area contributed by atoms with E-state index in [9.17, 15) is 8.42 Å². The third kappa shape index (κ3) is 1.93. The molecule has 74 valence electrons. The van der Waals surface area contributed by atoms with Crippen molar-refractivity contribution in [3.63, 3.8) is 0 Å². The number of rotatable bonds is 2. The van der Waals surface area contributed by atoms with Crippen molar-refractivity contribution in [2.45, 2.75) is 5.75 Å². The van der Waals surface area contributed by atoms with Gasteiger partial charge in [-0.25, -0.2) is 8.42 Å². The molecule has 2 aromatic rings. The van der Waals surface area contributed by atoms with Crippen molar-refractivity contribution < 1.29 is 8.42 Å². The molecule has 0 atom stereocenters. The summed E-state index contributed by atoms with van der Waals surface area (Å²) in [6.45, 7) is 0. The standard InChI is InChI=1S/C9H9NO2S2/c1-14(11,12)6-7-3-2-4-9-8(7)5-13-10-9/h2-5H,6H2,1H3. The van der Waals surface area contributed by atoms with Crippen LogP contribution in [0.1, 0.15) is 5.56 Å². The van der Waals surface area contributed by atoms with E-state index in [-0.39, 0.29) is 5.75 Å². The molecule has 0 bridgehead atoms. The van der Waals surface area contributed by atoms with E-state index in [1.165, 1.54) is 17.8 Å². The van der Waals surface area contributed by atoms with Crippen LogP contribution in [0.2, 0.25) is 0 Å². The highest BCUT2D eigenvalue weighted by Gasteiger charge is 2.08. The van der Waals surface area contributed by atoms with Crippen molar-refractivity contribution in [3.05, 3.63) is 29.1 Å². The van der Waals surface area contributed by atoms with E-state index in [1.54, 1.807) is 0 Å². The van der Waals surface area contributed by atoms with Gasteiger partial charge in [0.2, 0.25) is 0 Å². The van der Waals surface area contributed by atoms with Gasteiger partial charge in [-0.3, -0.25) is 0 Å².